The lowest BCUT2D eigenvalue weighted by Crippen LogP contribution is -2.63. The number of carbonyl (C=O) groups excluding carboxylic acids is 2. The summed E-state index contributed by atoms with van der Waals surface area (Å²) in [4.78, 5) is 28.4. The monoisotopic (exact) mass is 401 g/mol. The minimum Gasteiger partial charge on any atom is -0.481 e. The van der Waals surface area contributed by atoms with Gasteiger partial charge >= 0.3 is 6.18 Å². The van der Waals surface area contributed by atoms with Crippen LogP contribution in [-0.2, 0) is 9.53 Å². The summed E-state index contributed by atoms with van der Waals surface area (Å²) in [5.74, 6) is -0.750. The summed E-state index contributed by atoms with van der Waals surface area (Å²) >= 11 is 0. The van der Waals surface area contributed by atoms with Gasteiger partial charge in [0, 0.05) is 24.9 Å². The van der Waals surface area contributed by atoms with Gasteiger partial charge < -0.3 is 20.1 Å². The van der Waals surface area contributed by atoms with E-state index >= 15 is 0 Å². The van der Waals surface area contributed by atoms with Crippen LogP contribution in [0.1, 0.15) is 48.2 Å². The van der Waals surface area contributed by atoms with E-state index in [2.05, 4.69) is 15.6 Å². The van der Waals surface area contributed by atoms with Gasteiger partial charge in [0.15, 0.2) is 6.10 Å². The first-order chi connectivity index (χ1) is 13.1. The molecule has 2 aliphatic rings. The van der Waals surface area contributed by atoms with E-state index in [1.54, 1.807) is 0 Å². The Morgan fingerprint density at radius 1 is 1.39 bits per heavy atom. The number of hydrogen-bond donors (Lipinski definition) is 2. The molecule has 1 aromatic rings. The summed E-state index contributed by atoms with van der Waals surface area (Å²) in [6.45, 7) is 1.25. The maximum Gasteiger partial charge on any atom is 0.425 e. The van der Waals surface area contributed by atoms with Crippen LogP contribution in [0, 0.1) is 0 Å². The fourth-order valence-corrected chi connectivity index (χ4v) is 2.90. The van der Waals surface area contributed by atoms with Crippen LogP contribution in [0.5, 0.6) is 5.75 Å². The Kier molecular flexibility index (Phi) is 5.51. The van der Waals surface area contributed by atoms with Crippen LogP contribution in [0.25, 0.3) is 0 Å². The average Bonchev–Trinajstić information content (AvgIpc) is 3.43. The Labute approximate surface area is 160 Å². The number of rotatable bonds is 7. The van der Waals surface area contributed by atoms with E-state index in [1.807, 2.05) is 0 Å². The molecule has 1 saturated carbocycles. The molecule has 0 spiro atoms. The van der Waals surface area contributed by atoms with Crippen molar-refractivity contribution in [2.24, 2.45) is 0 Å². The second kappa shape index (κ2) is 7.57. The van der Waals surface area contributed by atoms with Crippen LogP contribution in [-0.4, -0.2) is 54.9 Å². The molecule has 0 radical (unpaired) electrons. The van der Waals surface area contributed by atoms with Gasteiger partial charge in [-0.1, -0.05) is 0 Å². The highest BCUT2D eigenvalue weighted by molar-refractivity contribution is 5.94. The lowest BCUT2D eigenvalue weighted by molar-refractivity contribution is -0.189. The summed E-state index contributed by atoms with van der Waals surface area (Å²) in [6.07, 6.45) is -3.42. The molecule has 2 heterocycles. The minimum atomic E-state index is -4.52. The van der Waals surface area contributed by atoms with Gasteiger partial charge in [-0.15, -0.1) is 0 Å². The van der Waals surface area contributed by atoms with E-state index in [4.69, 9.17) is 9.47 Å². The van der Waals surface area contributed by atoms with E-state index in [1.165, 1.54) is 19.3 Å². The van der Waals surface area contributed by atoms with Crippen molar-refractivity contribution in [1.82, 2.24) is 15.6 Å². The molecule has 2 amide bonds. The molecule has 2 fully saturated rings. The first-order valence-corrected chi connectivity index (χ1v) is 8.98. The van der Waals surface area contributed by atoms with Crippen molar-refractivity contribution in [3.05, 3.63) is 23.5 Å². The van der Waals surface area contributed by atoms with Crippen LogP contribution in [0.4, 0.5) is 13.2 Å². The molecule has 0 bridgehead atoms. The van der Waals surface area contributed by atoms with Gasteiger partial charge in [0.1, 0.15) is 11.4 Å². The number of nitrogens with zero attached hydrogens (tertiary/aromatic N) is 1. The lowest BCUT2D eigenvalue weighted by atomic mass is 9.92. The molecule has 1 saturated heterocycles. The zero-order chi connectivity index (χ0) is 20.5. The highest BCUT2D eigenvalue weighted by Crippen LogP contribution is 2.44. The number of hydrogen-bond acceptors (Lipinski definition) is 5. The molecular formula is C18H22F3N3O4. The summed E-state index contributed by atoms with van der Waals surface area (Å²) in [6, 6.07) is 1.23. The molecule has 7 nitrogen and oxygen atoms in total. The number of nitrogens with one attached hydrogen (secondary N) is 2. The molecule has 1 aliphatic heterocycles. The van der Waals surface area contributed by atoms with E-state index in [0.717, 1.165) is 19.8 Å². The number of alkyl halides is 3. The van der Waals surface area contributed by atoms with Crippen LogP contribution in [0.3, 0.4) is 0 Å². The van der Waals surface area contributed by atoms with Gasteiger partial charge in [0.05, 0.1) is 25.2 Å². The molecule has 0 unspecified atom stereocenters. The zero-order valence-corrected chi connectivity index (χ0v) is 15.6. The van der Waals surface area contributed by atoms with E-state index < -0.39 is 23.7 Å². The second-order valence-electron chi connectivity index (χ2n) is 7.26. The molecule has 1 aromatic heterocycles. The van der Waals surface area contributed by atoms with Crippen molar-refractivity contribution in [3.63, 3.8) is 0 Å². The first kappa shape index (κ1) is 20.4. The fourth-order valence-electron chi connectivity index (χ4n) is 2.90. The molecule has 2 N–H and O–H groups in total. The smallest absolute Gasteiger partial charge is 0.425 e. The molecule has 10 heteroatoms. The third-order valence-corrected chi connectivity index (χ3v) is 4.82. The Balaban J connectivity index is 1.78. The molecule has 1 atom stereocenters. The number of aromatic nitrogens is 1. The average molecular weight is 401 g/mol. The van der Waals surface area contributed by atoms with Gasteiger partial charge in [0.2, 0.25) is 5.91 Å². The summed E-state index contributed by atoms with van der Waals surface area (Å²) < 4.78 is 49.0. The third-order valence-electron chi connectivity index (χ3n) is 4.82. The van der Waals surface area contributed by atoms with Gasteiger partial charge in [-0.3, -0.25) is 14.6 Å². The van der Waals surface area contributed by atoms with Crippen LogP contribution in [0.2, 0.25) is 0 Å². The topological polar surface area (TPSA) is 89.6 Å². The van der Waals surface area contributed by atoms with Crippen LogP contribution in [0.15, 0.2) is 12.3 Å². The normalized spacial score (nSPS) is 19.3. The SMILES string of the molecule is CNC(=O)CC1(NC(=O)c2cc(O[C@@H](C)C(F)(F)F)c(C3CC3)cn2)COC1. The summed E-state index contributed by atoms with van der Waals surface area (Å²) in [5.41, 5.74) is -0.356. The summed E-state index contributed by atoms with van der Waals surface area (Å²) in [5, 5.41) is 5.21. The Hall–Kier alpha value is -2.36. The van der Waals surface area contributed by atoms with Gasteiger partial charge in [-0.25, -0.2) is 0 Å². The molecule has 28 heavy (non-hydrogen) atoms. The number of amides is 2. The Morgan fingerprint density at radius 3 is 2.57 bits per heavy atom. The minimum absolute atomic E-state index is 0.0117. The fraction of sp³-hybridized carbons (Fsp3) is 0.611. The molecule has 3 rings (SSSR count). The number of ether oxygens (including phenoxy) is 2. The predicted molar refractivity (Wildman–Crippen MR) is 92.1 cm³/mol. The van der Waals surface area contributed by atoms with Crippen molar-refractivity contribution in [2.45, 2.75) is 49.9 Å². The van der Waals surface area contributed by atoms with Crippen molar-refractivity contribution in [2.75, 3.05) is 20.3 Å². The zero-order valence-electron chi connectivity index (χ0n) is 15.6. The van der Waals surface area contributed by atoms with Crippen LogP contribution < -0.4 is 15.4 Å². The summed E-state index contributed by atoms with van der Waals surface area (Å²) in [7, 11) is 1.49. The standard InChI is InChI=1S/C18H22F3N3O4/c1-10(18(19,20)21)28-14-5-13(23-7-12(14)11-3-4-11)16(26)24-17(8-27-9-17)6-15(25)22-2/h5,7,10-11H,3-4,6,8-9H2,1-2H3,(H,22,25)(H,24,26)/t10-/m0/s1. The first-order valence-electron chi connectivity index (χ1n) is 8.98. The Bertz CT molecular complexity index is 761. The highest BCUT2D eigenvalue weighted by Gasteiger charge is 2.43. The highest BCUT2D eigenvalue weighted by atomic mass is 19.4. The van der Waals surface area contributed by atoms with Crippen molar-refractivity contribution < 1.29 is 32.2 Å². The Morgan fingerprint density at radius 2 is 2.07 bits per heavy atom. The maximum absolute atomic E-state index is 12.9. The third kappa shape index (κ3) is 4.54. The van der Waals surface area contributed by atoms with Crippen LogP contribution >= 0.6 is 0 Å². The predicted octanol–water partition coefficient (Wildman–Crippen LogP) is 1.92. The lowest BCUT2D eigenvalue weighted by Gasteiger charge is -2.41. The van der Waals surface area contributed by atoms with E-state index in [-0.39, 0.29) is 42.9 Å². The molecule has 0 aromatic carbocycles. The van der Waals surface area contributed by atoms with E-state index in [0.29, 0.717) is 5.56 Å². The van der Waals surface area contributed by atoms with Gasteiger partial charge in [0.25, 0.3) is 5.91 Å². The van der Waals surface area contributed by atoms with E-state index in [9.17, 15) is 22.8 Å². The van der Waals surface area contributed by atoms with Crippen molar-refractivity contribution >= 4 is 11.8 Å². The number of carbonyl (C=O) groups is 2. The quantitative estimate of drug-likeness (QED) is 0.729. The molecule has 1 aliphatic carbocycles. The maximum atomic E-state index is 12.9. The van der Waals surface area contributed by atoms with Gasteiger partial charge in [-0.05, 0) is 25.7 Å². The van der Waals surface area contributed by atoms with Crippen molar-refractivity contribution in [3.8, 4) is 5.75 Å². The second-order valence-corrected chi connectivity index (χ2v) is 7.26. The largest absolute Gasteiger partial charge is 0.481 e. The molecule has 154 valence electrons. The molecular weight excluding hydrogens is 379 g/mol. The number of pyridine rings is 1. The van der Waals surface area contributed by atoms with Gasteiger partial charge in [-0.2, -0.15) is 13.2 Å². The van der Waals surface area contributed by atoms with Crippen molar-refractivity contribution in [1.29, 1.82) is 0 Å². The number of halogens is 3.